The summed E-state index contributed by atoms with van der Waals surface area (Å²) in [5.74, 6) is -5.49. The molecule has 9 heteroatoms. The van der Waals surface area contributed by atoms with Gasteiger partial charge >= 0.3 is 17.9 Å². The Labute approximate surface area is 512 Å². The molecule has 0 amide bonds. The summed E-state index contributed by atoms with van der Waals surface area (Å²) in [7, 11) is 1.51. The van der Waals surface area contributed by atoms with Crippen LogP contribution < -0.4 is 4.74 Å². The van der Waals surface area contributed by atoms with Crippen LogP contribution in [0.2, 0.25) is 0 Å². The van der Waals surface area contributed by atoms with E-state index in [4.69, 9.17) is 18.9 Å². The van der Waals surface area contributed by atoms with E-state index >= 15 is 0 Å². The van der Waals surface area contributed by atoms with E-state index < -0.39 is 41.6 Å². The van der Waals surface area contributed by atoms with Crippen LogP contribution >= 0.6 is 0 Å². The van der Waals surface area contributed by atoms with E-state index in [9.17, 15) is 24.3 Å². The van der Waals surface area contributed by atoms with Gasteiger partial charge in [0.15, 0.2) is 17.3 Å². The summed E-state index contributed by atoms with van der Waals surface area (Å²) in [6.45, 7) is 6.95. The first-order valence-corrected chi connectivity index (χ1v) is 36.1. The lowest BCUT2D eigenvalue weighted by atomic mass is 9.79. The average Bonchev–Trinajstić information content (AvgIpc) is 3.60. The third-order valence-corrected chi connectivity index (χ3v) is 17.4. The van der Waals surface area contributed by atoms with Crippen molar-refractivity contribution in [3.05, 3.63) is 29.8 Å². The number of carbonyl (C=O) groups excluding carboxylic acids is 4. The number of hydrogen-bond donors (Lipinski definition) is 1. The van der Waals surface area contributed by atoms with Crippen LogP contribution in [0.1, 0.15) is 384 Å². The maximum absolute atomic E-state index is 14.4. The van der Waals surface area contributed by atoms with Crippen LogP contribution in [0.3, 0.4) is 0 Å². The molecule has 0 spiro atoms. The van der Waals surface area contributed by atoms with Crippen molar-refractivity contribution in [3.63, 3.8) is 0 Å². The standard InChI is InChI=1S/C74H134O9/c1-5-8-11-14-17-20-23-26-29-32-35-38-41-44-47-50-53-56-63-81-69(75)66-74(79,73(78)83-65-58-55-52-49-46-43-40-37-34-31-28-25-22-19-16-13-10-7-3)70(71(76)67-59-61-68(80-4)62-60-67)72(77)82-64-57-54-51-48-45-42-39-36-33-30-27-24-21-18-15-12-9-6-2/h59-62,70,79H,5-58,63-66H2,1-4H3. The third kappa shape index (κ3) is 46.0. The van der Waals surface area contributed by atoms with Crippen molar-refractivity contribution in [2.45, 2.75) is 380 Å². The molecule has 9 nitrogen and oxygen atoms in total. The van der Waals surface area contributed by atoms with E-state index in [0.29, 0.717) is 25.0 Å². The molecule has 0 saturated carbocycles. The van der Waals surface area contributed by atoms with Crippen LogP contribution in [0.15, 0.2) is 24.3 Å². The Kier molecular flexibility index (Phi) is 55.9. The van der Waals surface area contributed by atoms with Crippen LogP contribution in [-0.2, 0) is 28.6 Å². The summed E-state index contributed by atoms with van der Waals surface area (Å²) in [4.78, 5) is 56.5. The van der Waals surface area contributed by atoms with E-state index in [1.54, 1.807) is 12.1 Å². The lowest BCUT2D eigenvalue weighted by Gasteiger charge is -2.31. The first kappa shape index (κ1) is 78.1. The summed E-state index contributed by atoms with van der Waals surface area (Å²) in [6.07, 6.45) is 65.9. The fourth-order valence-corrected chi connectivity index (χ4v) is 11.7. The Bertz CT molecular complexity index is 1600. The number of Topliss-reactive ketones (excluding diaryl/α,β-unsaturated/α-hetero) is 1. The van der Waals surface area contributed by atoms with Gasteiger partial charge in [0.2, 0.25) is 0 Å². The SMILES string of the molecule is CCCCCCCCCCCCCCCCCCCCOC(=O)CC(O)(C(=O)OCCCCCCCCCCCCCCCCCCCC)C(C(=O)OCCCCCCCCCCCCCCCCCCCC)C(=O)c1ccc(OC)cc1. The van der Waals surface area contributed by atoms with Crippen LogP contribution in [0, 0.1) is 5.92 Å². The zero-order valence-electron chi connectivity index (χ0n) is 55.1. The van der Waals surface area contributed by atoms with Crippen molar-refractivity contribution in [3.8, 4) is 5.75 Å². The molecule has 0 fully saturated rings. The van der Waals surface area contributed by atoms with Gasteiger partial charge in [-0.3, -0.25) is 14.4 Å². The van der Waals surface area contributed by atoms with Crippen molar-refractivity contribution < 1.29 is 43.2 Å². The lowest BCUT2D eigenvalue weighted by Crippen LogP contribution is -2.55. The topological polar surface area (TPSA) is 125 Å². The summed E-state index contributed by atoms with van der Waals surface area (Å²) in [5.41, 5.74) is -2.77. The van der Waals surface area contributed by atoms with E-state index in [0.717, 1.165) is 57.8 Å². The number of unbranched alkanes of at least 4 members (excludes halogenated alkanes) is 51. The molecule has 2 unspecified atom stereocenters. The number of carbonyl (C=O) groups is 4. The average molecular weight is 1170 g/mol. The molecule has 0 saturated heterocycles. The van der Waals surface area contributed by atoms with E-state index in [1.165, 1.54) is 289 Å². The molecular formula is C74H134O9. The number of hydrogen-bond acceptors (Lipinski definition) is 9. The monoisotopic (exact) mass is 1170 g/mol. The van der Waals surface area contributed by atoms with Gasteiger partial charge in [0.25, 0.3) is 0 Å². The highest BCUT2D eigenvalue weighted by Crippen LogP contribution is 2.31. The summed E-state index contributed by atoms with van der Waals surface area (Å²) < 4.78 is 22.4. The predicted octanol–water partition coefficient (Wildman–Crippen LogP) is 22.4. The minimum absolute atomic E-state index is 0.00789. The molecule has 484 valence electrons. The molecule has 1 rings (SSSR count). The van der Waals surface area contributed by atoms with Gasteiger partial charge in [-0.05, 0) is 43.5 Å². The van der Waals surface area contributed by atoms with Gasteiger partial charge in [-0.2, -0.15) is 0 Å². The fraction of sp³-hybridized carbons (Fsp3) is 0.865. The Morgan fingerprint density at radius 2 is 0.590 bits per heavy atom. The Morgan fingerprint density at radius 3 is 0.855 bits per heavy atom. The van der Waals surface area contributed by atoms with Crippen molar-refractivity contribution in [2.75, 3.05) is 26.9 Å². The fourth-order valence-electron chi connectivity index (χ4n) is 11.7. The molecule has 0 aromatic heterocycles. The van der Waals surface area contributed by atoms with E-state index in [1.807, 2.05) is 0 Å². The molecular weight excluding hydrogens is 1030 g/mol. The van der Waals surface area contributed by atoms with Gasteiger partial charge in [0, 0.05) is 5.56 Å². The largest absolute Gasteiger partial charge is 0.497 e. The number of ether oxygens (including phenoxy) is 4. The van der Waals surface area contributed by atoms with Gasteiger partial charge in [-0.15, -0.1) is 0 Å². The number of ketones is 1. The number of aliphatic hydroxyl groups is 1. The molecule has 0 radical (unpaired) electrons. The smallest absolute Gasteiger partial charge is 0.340 e. The maximum atomic E-state index is 14.4. The molecule has 0 bridgehead atoms. The van der Waals surface area contributed by atoms with Gasteiger partial charge in [-0.25, -0.2) is 4.79 Å². The van der Waals surface area contributed by atoms with Gasteiger partial charge in [-0.1, -0.05) is 348 Å². The minimum Gasteiger partial charge on any atom is -0.497 e. The molecule has 1 N–H and O–H groups in total. The number of esters is 3. The van der Waals surface area contributed by atoms with E-state index in [-0.39, 0.29) is 25.4 Å². The zero-order chi connectivity index (χ0) is 60.2. The molecule has 1 aromatic rings. The number of benzene rings is 1. The third-order valence-electron chi connectivity index (χ3n) is 17.4. The zero-order valence-corrected chi connectivity index (χ0v) is 55.1. The van der Waals surface area contributed by atoms with Gasteiger partial charge in [0.1, 0.15) is 5.75 Å². The van der Waals surface area contributed by atoms with Crippen LogP contribution in [0.4, 0.5) is 0 Å². The Balaban J connectivity index is 2.74. The van der Waals surface area contributed by atoms with Crippen LogP contribution in [-0.4, -0.2) is 61.3 Å². The molecule has 0 aliphatic heterocycles. The van der Waals surface area contributed by atoms with Crippen molar-refractivity contribution in [1.82, 2.24) is 0 Å². The van der Waals surface area contributed by atoms with Crippen molar-refractivity contribution >= 4 is 23.7 Å². The van der Waals surface area contributed by atoms with Crippen molar-refractivity contribution in [1.29, 1.82) is 0 Å². The number of rotatable bonds is 65. The second-order valence-corrected chi connectivity index (χ2v) is 25.2. The van der Waals surface area contributed by atoms with Crippen LogP contribution in [0.25, 0.3) is 0 Å². The lowest BCUT2D eigenvalue weighted by molar-refractivity contribution is -0.183. The molecule has 1 aromatic carbocycles. The molecule has 0 aliphatic carbocycles. The Hall–Kier alpha value is -2.94. The van der Waals surface area contributed by atoms with E-state index in [2.05, 4.69) is 20.8 Å². The highest BCUT2D eigenvalue weighted by atomic mass is 16.6. The summed E-state index contributed by atoms with van der Waals surface area (Å²) in [6, 6.07) is 6.13. The highest BCUT2D eigenvalue weighted by molar-refractivity contribution is 6.13. The van der Waals surface area contributed by atoms with Crippen LogP contribution in [0.5, 0.6) is 5.75 Å². The maximum Gasteiger partial charge on any atom is 0.340 e. The minimum atomic E-state index is -2.85. The number of methoxy groups -OCH3 is 1. The predicted molar refractivity (Wildman–Crippen MR) is 350 cm³/mol. The summed E-state index contributed by atoms with van der Waals surface area (Å²) >= 11 is 0. The second kappa shape index (κ2) is 59.4. The van der Waals surface area contributed by atoms with Crippen molar-refractivity contribution in [2.24, 2.45) is 5.92 Å². The molecule has 0 aliphatic rings. The normalized spacial score (nSPS) is 12.5. The summed E-state index contributed by atoms with van der Waals surface area (Å²) in [5, 5.41) is 12.5. The first-order chi connectivity index (χ1) is 40.7. The Morgan fingerprint density at radius 1 is 0.349 bits per heavy atom. The first-order valence-electron chi connectivity index (χ1n) is 36.1. The van der Waals surface area contributed by atoms with Gasteiger partial charge < -0.3 is 24.1 Å². The quantitative estimate of drug-likeness (QED) is 0.0223. The second-order valence-electron chi connectivity index (χ2n) is 25.2. The molecule has 83 heavy (non-hydrogen) atoms. The highest BCUT2D eigenvalue weighted by Gasteiger charge is 2.55. The van der Waals surface area contributed by atoms with Gasteiger partial charge in [0.05, 0.1) is 33.4 Å². The molecule has 2 atom stereocenters. The molecule has 0 heterocycles.